The topological polar surface area (TPSA) is 52.6 Å². The Hall–Kier alpha value is -0.650. The summed E-state index contributed by atoms with van der Waals surface area (Å²) in [4.78, 5) is 0. The van der Waals surface area contributed by atoms with E-state index in [1.165, 1.54) is 0 Å². The van der Waals surface area contributed by atoms with Gasteiger partial charge in [-0.3, -0.25) is 0 Å². The lowest BCUT2D eigenvalue weighted by Crippen LogP contribution is -1.99. The van der Waals surface area contributed by atoms with E-state index >= 15 is 0 Å². The van der Waals surface area contributed by atoms with Gasteiger partial charge in [0.05, 0.1) is 24.0 Å². The van der Waals surface area contributed by atoms with Gasteiger partial charge in [0.1, 0.15) is 0 Å². The zero-order valence-electron chi connectivity index (χ0n) is 8.78. The van der Waals surface area contributed by atoms with E-state index in [1.54, 1.807) is 12.1 Å². The number of benzene rings is 1. The molecule has 0 spiro atoms. The number of halogens is 2. The average molecular weight is 297 g/mol. The van der Waals surface area contributed by atoms with Crippen LogP contribution in [0.25, 0.3) is 0 Å². The predicted octanol–water partition coefficient (Wildman–Crippen LogP) is 2.57. The third-order valence-electron chi connectivity index (χ3n) is 2.26. The Morgan fingerprint density at radius 3 is 2.65 bits per heavy atom. The summed E-state index contributed by atoms with van der Waals surface area (Å²) in [5.41, 5.74) is 0.408. The monoisotopic (exact) mass is 296 g/mol. The zero-order chi connectivity index (χ0) is 12.5. The lowest BCUT2D eigenvalue weighted by Gasteiger charge is -2.11. The highest BCUT2D eigenvalue weighted by Gasteiger charge is 2.19. The lowest BCUT2D eigenvalue weighted by molar-refractivity contribution is 0.297. The van der Waals surface area contributed by atoms with Gasteiger partial charge in [0.25, 0.3) is 0 Å². The van der Waals surface area contributed by atoms with E-state index in [0.29, 0.717) is 30.3 Å². The fourth-order valence-corrected chi connectivity index (χ4v) is 2.86. The van der Waals surface area contributed by atoms with Crippen LogP contribution in [0, 0.1) is 0 Å². The summed E-state index contributed by atoms with van der Waals surface area (Å²) in [7, 11) is 1.55. The van der Waals surface area contributed by atoms with Crippen molar-refractivity contribution in [2.75, 3.05) is 13.2 Å². The number of hydrogen-bond acceptors (Lipinski definition) is 4. The number of rotatable bonds is 2. The fraction of sp³-hybridized carbons (Fsp3) is 0.400. The van der Waals surface area contributed by atoms with Crippen molar-refractivity contribution < 1.29 is 17.9 Å². The second-order valence-corrected chi connectivity index (χ2v) is 6.75. The molecule has 0 amide bonds. The molecule has 0 atom stereocenters. The molecule has 2 rings (SSSR count). The van der Waals surface area contributed by atoms with Crippen molar-refractivity contribution in [2.24, 2.45) is 0 Å². The van der Waals surface area contributed by atoms with Crippen LogP contribution in [0.3, 0.4) is 0 Å². The van der Waals surface area contributed by atoms with Gasteiger partial charge in [-0.2, -0.15) is 0 Å². The molecule has 0 fully saturated rings. The second-order valence-electron chi connectivity index (χ2n) is 3.60. The highest BCUT2D eigenvalue weighted by molar-refractivity contribution is 8.13. The molecular weight excluding hydrogens is 287 g/mol. The Kier molecular flexibility index (Phi) is 3.70. The molecule has 1 aliphatic heterocycles. The van der Waals surface area contributed by atoms with E-state index in [1.807, 2.05) is 0 Å². The molecule has 0 radical (unpaired) electrons. The SMILES string of the molecule is O=S(=O)(Cl)Cc1ccc2c(c1Cl)OCCCO2. The van der Waals surface area contributed by atoms with Crippen LogP contribution in [0.15, 0.2) is 12.1 Å². The summed E-state index contributed by atoms with van der Waals surface area (Å²) >= 11 is 6.08. The summed E-state index contributed by atoms with van der Waals surface area (Å²) in [6, 6.07) is 3.22. The van der Waals surface area contributed by atoms with E-state index in [4.69, 9.17) is 31.8 Å². The van der Waals surface area contributed by atoms with Crippen LogP contribution in [0.2, 0.25) is 5.02 Å². The molecule has 0 saturated heterocycles. The van der Waals surface area contributed by atoms with Gasteiger partial charge in [0.15, 0.2) is 11.5 Å². The molecule has 0 saturated carbocycles. The van der Waals surface area contributed by atoms with Gasteiger partial charge in [-0.25, -0.2) is 8.42 Å². The molecule has 1 aliphatic rings. The first-order valence-corrected chi connectivity index (χ1v) is 7.82. The van der Waals surface area contributed by atoms with Gasteiger partial charge < -0.3 is 9.47 Å². The Labute approximate surface area is 109 Å². The van der Waals surface area contributed by atoms with Crippen LogP contribution >= 0.6 is 22.3 Å². The number of fused-ring (bicyclic) bond motifs is 1. The number of ether oxygens (including phenoxy) is 2. The molecule has 1 aromatic carbocycles. The van der Waals surface area contributed by atoms with E-state index in [-0.39, 0.29) is 10.8 Å². The van der Waals surface area contributed by atoms with Gasteiger partial charge in [-0.05, 0) is 11.6 Å². The Bertz CT molecular complexity index is 527. The van der Waals surface area contributed by atoms with Crippen LogP contribution in [0.5, 0.6) is 11.5 Å². The molecule has 0 unspecified atom stereocenters. The van der Waals surface area contributed by atoms with Crippen molar-refractivity contribution in [1.82, 2.24) is 0 Å². The predicted molar refractivity (Wildman–Crippen MR) is 65.5 cm³/mol. The van der Waals surface area contributed by atoms with Crippen LogP contribution in [0.4, 0.5) is 0 Å². The summed E-state index contributed by atoms with van der Waals surface area (Å²) in [5.74, 6) is 0.592. The average Bonchev–Trinajstić information content (AvgIpc) is 2.46. The molecule has 0 N–H and O–H groups in total. The maximum atomic E-state index is 11.0. The highest BCUT2D eigenvalue weighted by atomic mass is 35.7. The molecular formula is C10H10Cl2O4S. The van der Waals surface area contributed by atoms with E-state index in [0.717, 1.165) is 6.42 Å². The van der Waals surface area contributed by atoms with Crippen molar-refractivity contribution in [3.63, 3.8) is 0 Å². The molecule has 4 nitrogen and oxygen atoms in total. The normalized spacial score (nSPS) is 15.4. The lowest BCUT2D eigenvalue weighted by atomic mass is 10.2. The van der Waals surface area contributed by atoms with Crippen molar-refractivity contribution >= 4 is 31.3 Å². The van der Waals surface area contributed by atoms with Crippen LogP contribution in [0.1, 0.15) is 12.0 Å². The molecule has 1 heterocycles. The van der Waals surface area contributed by atoms with Crippen LogP contribution < -0.4 is 9.47 Å². The first kappa shape index (κ1) is 12.8. The van der Waals surface area contributed by atoms with E-state index in [2.05, 4.69) is 0 Å². The quantitative estimate of drug-likeness (QED) is 0.787. The highest BCUT2D eigenvalue weighted by Crippen LogP contribution is 2.39. The van der Waals surface area contributed by atoms with Crippen molar-refractivity contribution in [1.29, 1.82) is 0 Å². The third kappa shape index (κ3) is 3.18. The molecule has 1 aromatic rings. The van der Waals surface area contributed by atoms with Gasteiger partial charge in [0.2, 0.25) is 9.05 Å². The number of hydrogen-bond donors (Lipinski definition) is 0. The van der Waals surface area contributed by atoms with Crippen molar-refractivity contribution in [3.8, 4) is 11.5 Å². The molecule has 94 valence electrons. The first-order valence-electron chi connectivity index (χ1n) is 4.97. The molecule has 7 heteroatoms. The molecule has 0 aromatic heterocycles. The second kappa shape index (κ2) is 4.92. The molecule has 17 heavy (non-hydrogen) atoms. The van der Waals surface area contributed by atoms with Gasteiger partial charge >= 0.3 is 0 Å². The van der Waals surface area contributed by atoms with E-state index in [9.17, 15) is 8.42 Å². The third-order valence-corrected chi connectivity index (χ3v) is 3.66. The van der Waals surface area contributed by atoms with Gasteiger partial charge in [0, 0.05) is 17.1 Å². The Morgan fingerprint density at radius 1 is 1.24 bits per heavy atom. The largest absolute Gasteiger partial charge is 0.490 e. The Balaban J connectivity index is 2.41. The zero-order valence-corrected chi connectivity index (χ0v) is 11.1. The molecule has 0 aliphatic carbocycles. The minimum atomic E-state index is -3.64. The standard InChI is InChI=1S/C10H10Cl2O4S/c11-9-7(6-17(12,13)14)2-3-8-10(9)16-5-1-4-15-8/h2-3H,1,4-6H2. The van der Waals surface area contributed by atoms with Gasteiger partial charge in [-0.15, -0.1) is 0 Å². The van der Waals surface area contributed by atoms with Crippen molar-refractivity contribution in [3.05, 3.63) is 22.7 Å². The maximum Gasteiger partial charge on any atom is 0.236 e. The molecule has 0 bridgehead atoms. The van der Waals surface area contributed by atoms with Crippen LogP contribution in [-0.4, -0.2) is 21.6 Å². The summed E-state index contributed by atoms with van der Waals surface area (Å²) in [6.07, 6.45) is 0.758. The van der Waals surface area contributed by atoms with Crippen LogP contribution in [-0.2, 0) is 14.8 Å². The minimum Gasteiger partial charge on any atom is -0.490 e. The summed E-state index contributed by atoms with van der Waals surface area (Å²) in [6.45, 7) is 1.04. The fourth-order valence-electron chi connectivity index (χ4n) is 1.54. The van der Waals surface area contributed by atoms with Gasteiger partial charge in [-0.1, -0.05) is 17.7 Å². The maximum absolute atomic E-state index is 11.0. The smallest absolute Gasteiger partial charge is 0.236 e. The van der Waals surface area contributed by atoms with Crippen molar-refractivity contribution in [2.45, 2.75) is 12.2 Å². The summed E-state index contributed by atoms with van der Waals surface area (Å²) < 4.78 is 32.9. The minimum absolute atomic E-state index is 0.244. The first-order chi connectivity index (χ1) is 7.97. The summed E-state index contributed by atoms with van der Waals surface area (Å²) in [5, 5.41) is 0.244. The Morgan fingerprint density at radius 2 is 1.94 bits per heavy atom. The van der Waals surface area contributed by atoms with E-state index < -0.39 is 9.05 Å².